The van der Waals surface area contributed by atoms with Gasteiger partial charge in [0, 0.05) is 12.6 Å². The Morgan fingerprint density at radius 2 is 2.18 bits per heavy atom. The first-order valence-electron chi connectivity index (χ1n) is 4.59. The first-order chi connectivity index (χ1) is 5.18. The summed E-state index contributed by atoms with van der Waals surface area (Å²) in [6, 6.07) is 0.838. The summed E-state index contributed by atoms with van der Waals surface area (Å²) < 4.78 is 0. The van der Waals surface area contributed by atoms with Crippen LogP contribution in [0.1, 0.15) is 33.6 Å². The van der Waals surface area contributed by atoms with Crippen molar-refractivity contribution in [2.24, 2.45) is 5.92 Å². The average molecular weight is 153 g/mol. The summed E-state index contributed by atoms with van der Waals surface area (Å²) >= 11 is 0. The van der Waals surface area contributed by atoms with Gasteiger partial charge in [0.25, 0.3) is 0 Å². The van der Waals surface area contributed by atoms with E-state index in [9.17, 15) is 0 Å². The zero-order chi connectivity index (χ0) is 8.27. The Labute approximate surface area is 69.9 Å². The summed E-state index contributed by atoms with van der Waals surface area (Å²) in [4.78, 5) is 0. The van der Waals surface area contributed by atoms with Crippen molar-refractivity contribution in [2.45, 2.75) is 39.7 Å². The molecule has 1 aliphatic carbocycles. The predicted octanol–water partition coefficient (Wildman–Crippen LogP) is 2.34. The second-order valence-corrected chi connectivity index (χ2v) is 3.91. The van der Waals surface area contributed by atoms with Gasteiger partial charge < -0.3 is 5.32 Å². The highest BCUT2D eigenvalue weighted by Crippen LogP contribution is 2.18. The Morgan fingerprint density at radius 3 is 2.64 bits per heavy atom. The first-order valence-corrected chi connectivity index (χ1v) is 4.59. The molecule has 0 saturated heterocycles. The van der Waals surface area contributed by atoms with Crippen LogP contribution in [0.5, 0.6) is 0 Å². The van der Waals surface area contributed by atoms with Crippen LogP contribution in [0.4, 0.5) is 0 Å². The summed E-state index contributed by atoms with van der Waals surface area (Å²) in [5.41, 5.74) is 1.48. The molecule has 1 fully saturated rings. The zero-order valence-electron chi connectivity index (χ0n) is 7.85. The van der Waals surface area contributed by atoms with Gasteiger partial charge >= 0.3 is 0 Å². The summed E-state index contributed by atoms with van der Waals surface area (Å²) in [7, 11) is 0. The van der Waals surface area contributed by atoms with Gasteiger partial charge in [-0.1, -0.05) is 25.5 Å². The third-order valence-corrected chi connectivity index (χ3v) is 1.86. The van der Waals surface area contributed by atoms with E-state index in [2.05, 4.69) is 32.2 Å². The molecular formula is C10H19N. The fourth-order valence-corrected chi connectivity index (χ4v) is 1.22. The number of nitrogens with one attached hydrogen (secondary N) is 1. The maximum absolute atomic E-state index is 3.49. The molecule has 0 spiro atoms. The largest absolute Gasteiger partial charge is 0.310 e. The van der Waals surface area contributed by atoms with E-state index in [1.54, 1.807) is 0 Å². The van der Waals surface area contributed by atoms with Crippen molar-refractivity contribution in [1.82, 2.24) is 5.32 Å². The topological polar surface area (TPSA) is 12.0 Å². The molecule has 1 rings (SSSR count). The van der Waals surface area contributed by atoms with Crippen molar-refractivity contribution < 1.29 is 0 Å². The Balaban J connectivity index is 2.12. The molecule has 1 N–H and O–H groups in total. The molecule has 0 aromatic rings. The summed E-state index contributed by atoms with van der Waals surface area (Å²) in [6.07, 6.45) is 5.10. The van der Waals surface area contributed by atoms with Gasteiger partial charge in [0.05, 0.1) is 0 Å². The Morgan fingerprint density at radius 1 is 1.55 bits per heavy atom. The smallest absolute Gasteiger partial charge is 0.0164 e. The summed E-state index contributed by atoms with van der Waals surface area (Å²) in [5, 5.41) is 3.49. The predicted molar refractivity (Wildman–Crippen MR) is 49.6 cm³/mol. The van der Waals surface area contributed by atoms with Crippen LogP contribution in [0.15, 0.2) is 11.6 Å². The monoisotopic (exact) mass is 153 g/mol. The molecule has 0 aliphatic heterocycles. The fraction of sp³-hybridized carbons (Fsp3) is 0.800. The van der Waals surface area contributed by atoms with Gasteiger partial charge in [0.1, 0.15) is 0 Å². The van der Waals surface area contributed by atoms with E-state index in [0.29, 0.717) is 5.92 Å². The number of hydrogen-bond donors (Lipinski definition) is 1. The van der Waals surface area contributed by atoms with E-state index >= 15 is 0 Å². The van der Waals surface area contributed by atoms with Crippen molar-refractivity contribution in [1.29, 1.82) is 0 Å². The SMILES string of the molecule is CC(=CC(C)C)CNC1CC1. The van der Waals surface area contributed by atoms with E-state index in [1.165, 1.54) is 18.4 Å². The van der Waals surface area contributed by atoms with Crippen LogP contribution in [0.25, 0.3) is 0 Å². The van der Waals surface area contributed by atoms with Crippen molar-refractivity contribution in [3.05, 3.63) is 11.6 Å². The molecule has 1 saturated carbocycles. The summed E-state index contributed by atoms with van der Waals surface area (Å²) in [5.74, 6) is 0.691. The Bertz CT molecular complexity index is 143. The molecule has 11 heavy (non-hydrogen) atoms. The molecule has 1 nitrogen and oxygen atoms in total. The molecule has 0 bridgehead atoms. The van der Waals surface area contributed by atoms with Gasteiger partial charge in [0.2, 0.25) is 0 Å². The standard InChI is InChI=1S/C10H19N/c1-8(2)6-9(3)7-11-10-4-5-10/h6,8,10-11H,4-5,7H2,1-3H3. The molecule has 0 heterocycles. The van der Waals surface area contributed by atoms with Crippen LogP contribution >= 0.6 is 0 Å². The normalized spacial score (nSPS) is 19.5. The Kier molecular flexibility index (Phi) is 3.13. The molecule has 64 valence electrons. The quantitative estimate of drug-likeness (QED) is 0.611. The lowest BCUT2D eigenvalue weighted by Crippen LogP contribution is -2.18. The minimum Gasteiger partial charge on any atom is -0.310 e. The lowest BCUT2D eigenvalue weighted by atomic mass is 10.1. The zero-order valence-corrected chi connectivity index (χ0v) is 7.85. The van der Waals surface area contributed by atoms with Crippen LogP contribution in [-0.4, -0.2) is 12.6 Å². The van der Waals surface area contributed by atoms with Crippen LogP contribution in [0.2, 0.25) is 0 Å². The van der Waals surface area contributed by atoms with Crippen molar-refractivity contribution in [2.75, 3.05) is 6.54 Å². The van der Waals surface area contributed by atoms with Crippen LogP contribution in [-0.2, 0) is 0 Å². The van der Waals surface area contributed by atoms with E-state index in [1.807, 2.05) is 0 Å². The molecule has 0 aromatic heterocycles. The van der Waals surface area contributed by atoms with Gasteiger partial charge in [-0.3, -0.25) is 0 Å². The van der Waals surface area contributed by atoms with Crippen LogP contribution in [0.3, 0.4) is 0 Å². The number of hydrogen-bond acceptors (Lipinski definition) is 1. The highest BCUT2D eigenvalue weighted by molar-refractivity contribution is 5.02. The molecule has 0 radical (unpaired) electrons. The van der Waals surface area contributed by atoms with Gasteiger partial charge in [0.15, 0.2) is 0 Å². The van der Waals surface area contributed by atoms with E-state index < -0.39 is 0 Å². The Hall–Kier alpha value is -0.300. The van der Waals surface area contributed by atoms with Gasteiger partial charge in [-0.2, -0.15) is 0 Å². The van der Waals surface area contributed by atoms with Crippen molar-refractivity contribution in [3.63, 3.8) is 0 Å². The van der Waals surface area contributed by atoms with Gasteiger partial charge in [-0.15, -0.1) is 0 Å². The lowest BCUT2D eigenvalue weighted by Gasteiger charge is -2.04. The molecule has 0 amide bonds. The first kappa shape index (κ1) is 8.79. The molecule has 1 aliphatic rings. The minimum atomic E-state index is 0.691. The molecule has 0 aromatic carbocycles. The molecule has 1 heteroatoms. The van der Waals surface area contributed by atoms with E-state index in [-0.39, 0.29) is 0 Å². The van der Waals surface area contributed by atoms with Crippen molar-refractivity contribution >= 4 is 0 Å². The number of allylic oxidation sites excluding steroid dienone is 1. The third kappa shape index (κ3) is 4.20. The van der Waals surface area contributed by atoms with E-state index in [0.717, 1.165) is 12.6 Å². The highest BCUT2D eigenvalue weighted by atomic mass is 14.9. The molecule has 0 atom stereocenters. The van der Waals surface area contributed by atoms with Crippen molar-refractivity contribution in [3.8, 4) is 0 Å². The fourth-order valence-electron chi connectivity index (χ4n) is 1.22. The maximum atomic E-state index is 3.49. The average Bonchev–Trinajstić information content (AvgIpc) is 2.63. The molecular weight excluding hydrogens is 134 g/mol. The van der Waals surface area contributed by atoms with Crippen LogP contribution in [0, 0.1) is 5.92 Å². The number of rotatable bonds is 4. The van der Waals surface area contributed by atoms with E-state index in [4.69, 9.17) is 0 Å². The third-order valence-electron chi connectivity index (χ3n) is 1.86. The lowest BCUT2D eigenvalue weighted by molar-refractivity contribution is 0.721. The van der Waals surface area contributed by atoms with Gasteiger partial charge in [-0.05, 0) is 25.7 Å². The second kappa shape index (κ2) is 3.91. The summed E-state index contributed by atoms with van der Waals surface area (Å²) in [6.45, 7) is 7.74. The maximum Gasteiger partial charge on any atom is 0.0164 e. The minimum absolute atomic E-state index is 0.691. The highest BCUT2D eigenvalue weighted by Gasteiger charge is 2.19. The second-order valence-electron chi connectivity index (χ2n) is 3.91. The van der Waals surface area contributed by atoms with Gasteiger partial charge in [-0.25, -0.2) is 0 Å². The molecule has 0 unspecified atom stereocenters. The van der Waals surface area contributed by atoms with Crippen LogP contribution < -0.4 is 5.32 Å².